The maximum Gasteiger partial charge on any atom is 0.220 e. The van der Waals surface area contributed by atoms with Crippen molar-refractivity contribution in [1.29, 1.82) is 0 Å². The molecular formula is C15H17ClN2O2. The predicted octanol–water partition coefficient (Wildman–Crippen LogP) is 3.01. The summed E-state index contributed by atoms with van der Waals surface area (Å²) in [5.41, 5.74) is 2.13. The molecule has 20 heavy (non-hydrogen) atoms. The maximum absolute atomic E-state index is 11.7. The van der Waals surface area contributed by atoms with Crippen LogP contribution >= 0.6 is 11.6 Å². The number of benzene rings is 1. The molecule has 1 heterocycles. The first-order chi connectivity index (χ1) is 9.74. The molecule has 2 rings (SSSR count). The molecule has 0 aliphatic rings. The van der Waals surface area contributed by atoms with E-state index in [2.05, 4.69) is 10.5 Å². The Kier molecular flexibility index (Phi) is 5.62. The lowest BCUT2D eigenvalue weighted by Gasteiger charge is -2.05. The fourth-order valence-electron chi connectivity index (χ4n) is 1.91. The van der Waals surface area contributed by atoms with Crippen molar-refractivity contribution in [3.63, 3.8) is 0 Å². The van der Waals surface area contributed by atoms with Gasteiger partial charge in [-0.3, -0.25) is 4.79 Å². The van der Waals surface area contributed by atoms with Crippen LogP contribution < -0.4 is 5.32 Å². The molecule has 1 aromatic carbocycles. The van der Waals surface area contributed by atoms with Gasteiger partial charge < -0.3 is 9.84 Å². The molecule has 0 bridgehead atoms. The van der Waals surface area contributed by atoms with Crippen molar-refractivity contribution in [2.45, 2.75) is 25.7 Å². The first-order valence-corrected chi connectivity index (χ1v) is 7.01. The first kappa shape index (κ1) is 14.6. The Morgan fingerprint density at radius 3 is 2.95 bits per heavy atom. The summed E-state index contributed by atoms with van der Waals surface area (Å²) in [6, 6.07) is 7.59. The number of carbonyl (C=O) groups excluding carboxylic acids is 1. The van der Waals surface area contributed by atoms with E-state index >= 15 is 0 Å². The van der Waals surface area contributed by atoms with Crippen molar-refractivity contribution in [1.82, 2.24) is 10.5 Å². The van der Waals surface area contributed by atoms with Gasteiger partial charge in [-0.1, -0.05) is 28.9 Å². The number of carbonyl (C=O) groups is 1. The number of halogens is 1. The number of aromatic nitrogens is 1. The summed E-state index contributed by atoms with van der Waals surface area (Å²) in [6.45, 7) is 0.666. The van der Waals surface area contributed by atoms with Crippen LogP contribution in [0.3, 0.4) is 0 Å². The first-order valence-electron chi connectivity index (χ1n) is 6.63. The van der Waals surface area contributed by atoms with Gasteiger partial charge >= 0.3 is 0 Å². The smallest absolute Gasteiger partial charge is 0.220 e. The topological polar surface area (TPSA) is 55.1 Å². The van der Waals surface area contributed by atoms with Crippen LogP contribution in [0.2, 0.25) is 5.02 Å². The zero-order valence-electron chi connectivity index (χ0n) is 11.1. The third-order valence-electron chi connectivity index (χ3n) is 2.98. The lowest BCUT2D eigenvalue weighted by Crippen LogP contribution is -2.24. The van der Waals surface area contributed by atoms with E-state index in [1.807, 2.05) is 24.3 Å². The van der Waals surface area contributed by atoms with E-state index in [0.29, 0.717) is 24.4 Å². The van der Waals surface area contributed by atoms with Gasteiger partial charge in [0.2, 0.25) is 5.91 Å². The van der Waals surface area contributed by atoms with Crippen molar-refractivity contribution in [2.24, 2.45) is 0 Å². The standard InChI is InChI=1S/C15H17ClN2O2/c16-14-5-1-3-12(9-14)6-7-15(19)17-8-2-4-13-10-18-20-11-13/h1,3,5,9-11H,2,4,6-8H2,(H,17,19). The summed E-state index contributed by atoms with van der Waals surface area (Å²) in [6.07, 6.45) is 6.25. The van der Waals surface area contributed by atoms with Crippen LogP contribution in [-0.2, 0) is 17.6 Å². The predicted molar refractivity (Wildman–Crippen MR) is 77.6 cm³/mol. The quantitative estimate of drug-likeness (QED) is 0.798. The number of nitrogens with one attached hydrogen (secondary N) is 1. The van der Waals surface area contributed by atoms with Gasteiger partial charge in [-0.15, -0.1) is 0 Å². The van der Waals surface area contributed by atoms with Gasteiger partial charge in [0.05, 0.1) is 6.20 Å². The van der Waals surface area contributed by atoms with E-state index in [-0.39, 0.29) is 5.91 Å². The van der Waals surface area contributed by atoms with Crippen LogP contribution in [0.4, 0.5) is 0 Å². The molecule has 0 aliphatic heterocycles. The van der Waals surface area contributed by atoms with E-state index in [0.717, 1.165) is 24.0 Å². The number of aryl methyl sites for hydroxylation is 2. The molecule has 4 nitrogen and oxygen atoms in total. The number of rotatable bonds is 7. The molecule has 1 amide bonds. The Labute approximate surface area is 123 Å². The van der Waals surface area contributed by atoms with Crippen LogP contribution in [0, 0.1) is 0 Å². The third-order valence-corrected chi connectivity index (χ3v) is 3.21. The van der Waals surface area contributed by atoms with Crippen LogP contribution in [-0.4, -0.2) is 17.6 Å². The van der Waals surface area contributed by atoms with Gasteiger partial charge in [0.1, 0.15) is 6.26 Å². The van der Waals surface area contributed by atoms with Crippen molar-refractivity contribution < 1.29 is 9.32 Å². The summed E-state index contributed by atoms with van der Waals surface area (Å²) in [4.78, 5) is 11.7. The van der Waals surface area contributed by atoms with E-state index in [1.54, 1.807) is 12.5 Å². The van der Waals surface area contributed by atoms with Gasteiger partial charge in [0.25, 0.3) is 0 Å². The van der Waals surface area contributed by atoms with E-state index in [1.165, 1.54) is 0 Å². The Morgan fingerprint density at radius 1 is 1.30 bits per heavy atom. The minimum Gasteiger partial charge on any atom is -0.364 e. The van der Waals surface area contributed by atoms with Crippen molar-refractivity contribution in [2.75, 3.05) is 6.54 Å². The van der Waals surface area contributed by atoms with Gasteiger partial charge in [0.15, 0.2) is 0 Å². The van der Waals surface area contributed by atoms with Gasteiger partial charge in [-0.2, -0.15) is 0 Å². The van der Waals surface area contributed by atoms with Crippen molar-refractivity contribution in [3.8, 4) is 0 Å². The SMILES string of the molecule is O=C(CCc1cccc(Cl)c1)NCCCc1cnoc1. The molecule has 0 radical (unpaired) electrons. The minimum atomic E-state index is 0.0651. The Bertz CT molecular complexity index is 541. The molecule has 2 aromatic rings. The van der Waals surface area contributed by atoms with Crippen molar-refractivity contribution in [3.05, 3.63) is 52.9 Å². The second kappa shape index (κ2) is 7.70. The molecule has 0 unspecified atom stereocenters. The van der Waals surface area contributed by atoms with E-state index in [9.17, 15) is 4.79 Å². The third kappa shape index (κ3) is 5.05. The van der Waals surface area contributed by atoms with Crippen LogP contribution in [0.25, 0.3) is 0 Å². The number of hydrogen-bond donors (Lipinski definition) is 1. The molecular weight excluding hydrogens is 276 g/mol. The minimum absolute atomic E-state index is 0.0651. The highest BCUT2D eigenvalue weighted by molar-refractivity contribution is 6.30. The van der Waals surface area contributed by atoms with E-state index < -0.39 is 0 Å². The molecule has 0 spiro atoms. The van der Waals surface area contributed by atoms with Crippen LogP contribution in [0.15, 0.2) is 41.2 Å². The summed E-state index contributed by atoms with van der Waals surface area (Å²) >= 11 is 5.90. The van der Waals surface area contributed by atoms with E-state index in [4.69, 9.17) is 16.1 Å². The highest BCUT2D eigenvalue weighted by Gasteiger charge is 2.03. The molecule has 106 valence electrons. The lowest BCUT2D eigenvalue weighted by atomic mass is 10.1. The zero-order valence-corrected chi connectivity index (χ0v) is 11.9. The normalized spacial score (nSPS) is 10.4. The Hall–Kier alpha value is -1.81. The average molecular weight is 293 g/mol. The highest BCUT2D eigenvalue weighted by atomic mass is 35.5. The molecule has 1 aromatic heterocycles. The summed E-state index contributed by atoms with van der Waals surface area (Å²) < 4.78 is 4.74. The highest BCUT2D eigenvalue weighted by Crippen LogP contribution is 2.12. The molecule has 0 saturated heterocycles. The number of amides is 1. The van der Waals surface area contributed by atoms with Crippen LogP contribution in [0.5, 0.6) is 0 Å². The molecule has 1 N–H and O–H groups in total. The molecule has 5 heteroatoms. The summed E-state index contributed by atoms with van der Waals surface area (Å²) in [5.74, 6) is 0.0651. The second-order valence-corrected chi connectivity index (χ2v) is 5.05. The molecule has 0 atom stereocenters. The number of hydrogen-bond acceptors (Lipinski definition) is 3. The largest absolute Gasteiger partial charge is 0.364 e. The van der Waals surface area contributed by atoms with Gasteiger partial charge in [0, 0.05) is 23.6 Å². The average Bonchev–Trinajstić information content (AvgIpc) is 2.95. The summed E-state index contributed by atoms with van der Waals surface area (Å²) in [5, 5.41) is 7.25. The number of nitrogens with zero attached hydrogens (tertiary/aromatic N) is 1. The molecule has 0 aliphatic carbocycles. The Balaban J connectivity index is 1.61. The second-order valence-electron chi connectivity index (χ2n) is 4.62. The van der Waals surface area contributed by atoms with Gasteiger partial charge in [-0.25, -0.2) is 0 Å². The fraction of sp³-hybridized carbons (Fsp3) is 0.333. The molecule has 0 fully saturated rings. The monoisotopic (exact) mass is 292 g/mol. The van der Waals surface area contributed by atoms with Crippen molar-refractivity contribution >= 4 is 17.5 Å². The van der Waals surface area contributed by atoms with Gasteiger partial charge in [-0.05, 0) is 37.0 Å². The lowest BCUT2D eigenvalue weighted by molar-refractivity contribution is -0.121. The maximum atomic E-state index is 11.7. The Morgan fingerprint density at radius 2 is 2.20 bits per heavy atom. The van der Waals surface area contributed by atoms with Crippen LogP contribution in [0.1, 0.15) is 24.0 Å². The molecule has 0 saturated carbocycles. The summed E-state index contributed by atoms with van der Waals surface area (Å²) in [7, 11) is 0. The fourth-order valence-corrected chi connectivity index (χ4v) is 2.12. The zero-order chi connectivity index (χ0) is 14.2.